The van der Waals surface area contributed by atoms with E-state index in [1.165, 1.54) is 12.0 Å². The van der Waals surface area contributed by atoms with Gasteiger partial charge in [0.05, 0.1) is 6.54 Å². The molecule has 0 radical (unpaired) electrons. The highest BCUT2D eigenvalue weighted by Crippen LogP contribution is 2.14. The van der Waals surface area contributed by atoms with Crippen LogP contribution < -0.4 is 5.32 Å². The van der Waals surface area contributed by atoms with Gasteiger partial charge in [0.2, 0.25) is 0 Å². The Bertz CT molecular complexity index is 577. The van der Waals surface area contributed by atoms with Crippen LogP contribution in [0.15, 0.2) is 24.5 Å². The quantitative estimate of drug-likeness (QED) is 0.786. The molecule has 0 spiro atoms. The minimum Gasteiger partial charge on any atom is -0.316 e. The summed E-state index contributed by atoms with van der Waals surface area (Å²) in [6, 6.07) is 4.12. The largest absolute Gasteiger partial charge is 0.316 e. The Morgan fingerprint density at radius 3 is 3.09 bits per heavy atom. The Morgan fingerprint density at radius 1 is 1.39 bits per heavy atom. The van der Waals surface area contributed by atoms with E-state index in [0.29, 0.717) is 5.92 Å². The van der Waals surface area contributed by atoms with Crippen molar-refractivity contribution in [1.29, 1.82) is 0 Å². The lowest BCUT2D eigenvalue weighted by atomic mass is 10.1. The van der Waals surface area contributed by atoms with Crippen LogP contribution in [0.4, 0.5) is 0 Å². The van der Waals surface area contributed by atoms with E-state index in [1.54, 1.807) is 0 Å². The van der Waals surface area contributed by atoms with Crippen LogP contribution in [0.1, 0.15) is 31.2 Å². The van der Waals surface area contributed by atoms with Crippen molar-refractivity contribution in [3.63, 3.8) is 0 Å². The number of pyridine rings is 1. The fraction of sp³-hybridized carbons (Fsp3) is 0.625. The average molecular weight is 315 g/mol. The van der Waals surface area contributed by atoms with E-state index in [9.17, 15) is 0 Å². The summed E-state index contributed by atoms with van der Waals surface area (Å²) in [5.74, 6) is 1.64. The first-order valence-corrected chi connectivity index (χ1v) is 8.42. The first-order valence-electron chi connectivity index (χ1n) is 8.42. The van der Waals surface area contributed by atoms with Crippen molar-refractivity contribution >= 4 is 0 Å². The number of tetrazole rings is 1. The molecule has 2 aromatic heterocycles. The van der Waals surface area contributed by atoms with Crippen molar-refractivity contribution in [3.05, 3.63) is 35.9 Å². The van der Waals surface area contributed by atoms with Crippen molar-refractivity contribution in [2.45, 2.75) is 39.4 Å². The highest BCUT2D eigenvalue weighted by molar-refractivity contribution is 5.08. The average Bonchev–Trinajstić information content (AvgIpc) is 3.21. The number of nitrogens with one attached hydrogen (secondary N) is 1. The lowest BCUT2D eigenvalue weighted by Gasteiger charge is -2.24. The molecule has 23 heavy (non-hydrogen) atoms. The third-order valence-corrected chi connectivity index (χ3v) is 4.21. The molecular formula is C16H25N7. The number of nitrogens with zero attached hydrogens (tertiary/aromatic N) is 6. The lowest BCUT2D eigenvalue weighted by molar-refractivity contribution is 0.211. The molecule has 0 unspecified atom stereocenters. The Labute approximate surface area is 137 Å². The summed E-state index contributed by atoms with van der Waals surface area (Å²) in [4.78, 5) is 6.67. The maximum atomic E-state index is 4.23. The third-order valence-electron chi connectivity index (χ3n) is 4.21. The molecule has 0 aliphatic carbocycles. The number of hydrogen-bond donors (Lipinski definition) is 1. The zero-order valence-electron chi connectivity index (χ0n) is 13.7. The van der Waals surface area contributed by atoms with Crippen LogP contribution in [0.5, 0.6) is 0 Å². The van der Waals surface area contributed by atoms with E-state index in [2.05, 4.69) is 43.7 Å². The maximum absolute atomic E-state index is 4.23. The van der Waals surface area contributed by atoms with Gasteiger partial charge in [-0.2, -0.15) is 0 Å². The summed E-state index contributed by atoms with van der Waals surface area (Å²) >= 11 is 0. The summed E-state index contributed by atoms with van der Waals surface area (Å²) in [7, 11) is 0. The molecule has 2 aromatic rings. The molecule has 1 aliphatic rings. The molecule has 124 valence electrons. The van der Waals surface area contributed by atoms with Gasteiger partial charge in [-0.05, 0) is 53.9 Å². The molecule has 0 saturated carbocycles. The second kappa shape index (κ2) is 8.12. The van der Waals surface area contributed by atoms with E-state index in [-0.39, 0.29) is 0 Å². The standard InChI is InChI=1S/C16H25N7/c1-2-8-23-16(19-20-21-23)13-22(12-15-5-7-18-10-15)11-14-4-3-6-17-9-14/h3-4,6,9,15,18H,2,5,7-8,10-13H2,1H3/t15-/m1/s1. The summed E-state index contributed by atoms with van der Waals surface area (Å²) < 4.78 is 1.92. The third kappa shape index (κ3) is 4.56. The van der Waals surface area contributed by atoms with Crippen LogP contribution in [-0.4, -0.2) is 49.7 Å². The van der Waals surface area contributed by atoms with Crippen molar-refractivity contribution in [1.82, 2.24) is 35.4 Å². The molecule has 1 fully saturated rings. The molecule has 0 bridgehead atoms. The Morgan fingerprint density at radius 2 is 2.35 bits per heavy atom. The Kier molecular flexibility index (Phi) is 5.65. The first kappa shape index (κ1) is 16.0. The Balaban J connectivity index is 1.69. The van der Waals surface area contributed by atoms with Crippen LogP contribution in [0.2, 0.25) is 0 Å². The number of hydrogen-bond acceptors (Lipinski definition) is 6. The van der Waals surface area contributed by atoms with E-state index < -0.39 is 0 Å². The smallest absolute Gasteiger partial charge is 0.165 e. The van der Waals surface area contributed by atoms with Gasteiger partial charge in [0.25, 0.3) is 0 Å². The zero-order valence-corrected chi connectivity index (χ0v) is 13.7. The van der Waals surface area contributed by atoms with Gasteiger partial charge in [-0.15, -0.1) is 5.10 Å². The van der Waals surface area contributed by atoms with Crippen molar-refractivity contribution in [3.8, 4) is 0 Å². The van der Waals surface area contributed by atoms with E-state index in [0.717, 1.165) is 51.5 Å². The summed E-state index contributed by atoms with van der Waals surface area (Å²) in [5, 5.41) is 15.6. The second-order valence-electron chi connectivity index (χ2n) is 6.21. The van der Waals surface area contributed by atoms with E-state index in [4.69, 9.17) is 0 Å². The van der Waals surface area contributed by atoms with Crippen LogP contribution in [0, 0.1) is 5.92 Å². The van der Waals surface area contributed by atoms with E-state index >= 15 is 0 Å². The first-order chi connectivity index (χ1) is 11.3. The maximum Gasteiger partial charge on any atom is 0.165 e. The van der Waals surface area contributed by atoms with Crippen molar-refractivity contribution in [2.24, 2.45) is 5.92 Å². The molecule has 1 N–H and O–H groups in total. The minimum atomic E-state index is 0.696. The highest BCUT2D eigenvalue weighted by atomic mass is 15.5. The molecular weight excluding hydrogens is 290 g/mol. The lowest BCUT2D eigenvalue weighted by Crippen LogP contribution is -2.31. The topological polar surface area (TPSA) is 71.8 Å². The van der Waals surface area contributed by atoms with Gasteiger partial charge in [0.15, 0.2) is 5.82 Å². The van der Waals surface area contributed by atoms with Gasteiger partial charge in [-0.1, -0.05) is 13.0 Å². The minimum absolute atomic E-state index is 0.696. The predicted molar refractivity (Wildman–Crippen MR) is 87.4 cm³/mol. The molecule has 3 heterocycles. The Hall–Kier alpha value is -1.86. The van der Waals surface area contributed by atoms with Crippen LogP contribution >= 0.6 is 0 Å². The number of rotatable bonds is 8. The molecule has 0 amide bonds. The second-order valence-corrected chi connectivity index (χ2v) is 6.21. The van der Waals surface area contributed by atoms with Gasteiger partial charge in [-0.3, -0.25) is 9.88 Å². The molecule has 1 aliphatic heterocycles. The SMILES string of the molecule is CCCn1nnnc1CN(Cc1cccnc1)C[C@@H]1CCNC1. The fourth-order valence-corrected chi connectivity index (χ4v) is 3.09. The normalized spacial score (nSPS) is 17.9. The predicted octanol–water partition coefficient (Wildman–Crippen LogP) is 1.09. The number of aromatic nitrogens is 5. The van der Waals surface area contributed by atoms with Gasteiger partial charge in [-0.25, -0.2) is 4.68 Å². The zero-order chi connectivity index (χ0) is 15.9. The molecule has 1 atom stereocenters. The summed E-state index contributed by atoms with van der Waals surface area (Å²) in [6.07, 6.45) is 6.03. The van der Waals surface area contributed by atoms with Gasteiger partial charge >= 0.3 is 0 Å². The molecule has 7 nitrogen and oxygen atoms in total. The van der Waals surface area contributed by atoms with Crippen molar-refractivity contribution < 1.29 is 0 Å². The van der Waals surface area contributed by atoms with Gasteiger partial charge in [0.1, 0.15) is 0 Å². The summed E-state index contributed by atoms with van der Waals surface area (Å²) in [5.41, 5.74) is 1.23. The fourth-order valence-electron chi connectivity index (χ4n) is 3.09. The van der Waals surface area contributed by atoms with Gasteiger partial charge in [0, 0.05) is 32.0 Å². The molecule has 0 aromatic carbocycles. The molecule has 7 heteroatoms. The van der Waals surface area contributed by atoms with E-state index in [1.807, 2.05) is 23.1 Å². The van der Waals surface area contributed by atoms with Crippen LogP contribution in [-0.2, 0) is 19.6 Å². The number of aryl methyl sites for hydroxylation is 1. The van der Waals surface area contributed by atoms with Crippen LogP contribution in [0.3, 0.4) is 0 Å². The monoisotopic (exact) mass is 315 g/mol. The van der Waals surface area contributed by atoms with Crippen LogP contribution in [0.25, 0.3) is 0 Å². The summed E-state index contributed by atoms with van der Waals surface area (Å²) in [6.45, 7) is 7.95. The highest BCUT2D eigenvalue weighted by Gasteiger charge is 2.20. The van der Waals surface area contributed by atoms with Gasteiger partial charge < -0.3 is 5.32 Å². The van der Waals surface area contributed by atoms with Crippen molar-refractivity contribution in [2.75, 3.05) is 19.6 Å². The molecule has 1 saturated heterocycles. The molecule has 3 rings (SSSR count).